The van der Waals surface area contributed by atoms with Gasteiger partial charge in [0.2, 0.25) is 0 Å². The molecule has 0 saturated heterocycles. The van der Waals surface area contributed by atoms with Gasteiger partial charge in [0.1, 0.15) is 5.69 Å². The van der Waals surface area contributed by atoms with Gasteiger partial charge in [-0.1, -0.05) is 24.3 Å². The summed E-state index contributed by atoms with van der Waals surface area (Å²) >= 11 is 0. The number of aromatic amines is 1. The summed E-state index contributed by atoms with van der Waals surface area (Å²) in [7, 11) is 0. The number of hydrogen-bond acceptors (Lipinski definition) is 2. The number of benzene rings is 2. The third kappa shape index (κ3) is 4.06. The lowest BCUT2D eigenvalue weighted by Crippen LogP contribution is -2.28. The average Bonchev–Trinajstić information content (AvgIpc) is 3.06. The maximum Gasteiger partial charge on any atom is 0.319 e. The molecule has 0 aliphatic rings. The van der Waals surface area contributed by atoms with Gasteiger partial charge < -0.3 is 20.9 Å². The maximum atomic E-state index is 12.3. The van der Waals surface area contributed by atoms with Crippen LogP contribution in [0.3, 0.4) is 0 Å². The lowest BCUT2D eigenvalue weighted by atomic mass is 10.2. The third-order valence-corrected chi connectivity index (χ3v) is 3.58. The Balaban J connectivity index is 1.63. The Bertz CT molecular complexity index is 880. The van der Waals surface area contributed by atoms with E-state index in [1.165, 1.54) is 0 Å². The number of hydrogen-bond donors (Lipinski definition) is 4. The number of urea groups is 1. The van der Waals surface area contributed by atoms with E-state index in [0.29, 0.717) is 23.6 Å². The minimum Gasteiger partial charge on any atom is -0.351 e. The zero-order valence-electron chi connectivity index (χ0n) is 13.5. The Morgan fingerprint density at radius 2 is 1.68 bits per heavy atom. The first-order valence-electron chi connectivity index (χ1n) is 7.80. The Morgan fingerprint density at radius 1 is 1.00 bits per heavy atom. The molecule has 6 nitrogen and oxygen atoms in total. The summed E-state index contributed by atoms with van der Waals surface area (Å²) in [6.07, 6.45) is 1.60. The van der Waals surface area contributed by atoms with Crippen molar-refractivity contribution in [3.8, 4) is 0 Å². The van der Waals surface area contributed by atoms with Crippen LogP contribution < -0.4 is 16.0 Å². The molecule has 126 valence electrons. The van der Waals surface area contributed by atoms with Gasteiger partial charge in [-0.15, -0.1) is 6.58 Å². The van der Waals surface area contributed by atoms with Crippen molar-refractivity contribution in [2.45, 2.75) is 0 Å². The molecule has 6 heteroatoms. The van der Waals surface area contributed by atoms with Crippen LogP contribution in [0.25, 0.3) is 10.9 Å². The Labute approximate surface area is 144 Å². The Kier molecular flexibility index (Phi) is 4.80. The van der Waals surface area contributed by atoms with Crippen LogP contribution in [0.5, 0.6) is 0 Å². The first-order valence-corrected chi connectivity index (χ1v) is 7.80. The van der Waals surface area contributed by atoms with E-state index in [-0.39, 0.29) is 11.9 Å². The highest BCUT2D eigenvalue weighted by molar-refractivity contribution is 6.06. The number of amides is 3. The number of fused-ring (bicyclic) bond motifs is 1. The van der Waals surface area contributed by atoms with E-state index in [2.05, 4.69) is 27.5 Å². The number of carbonyl (C=O) groups excluding carboxylic acids is 2. The molecule has 3 amide bonds. The van der Waals surface area contributed by atoms with Gasteiger partial charge in [-0.05, 0) is 36.4 Å². The molecular weight excluding hydrogens is 316 g/mol. The fourth-order valence-electron chi connectivity index (χ4n) is 2.37. The molecule has 0 radical (unpaired) electrons. The molecule has 0 aliphatic heterocycles. The lowest BCUT2D eigenvalue weighted by Gasteiger charge is -2.08. The van der Waals surface area contributed by atoms with Gasteiger partial charge in [0.15, 0.2) is 0 Å². The summed E-state index contributed by atoms with van der Waals surface area (Å²) in [5.41, 5.74) is 2.68. The number of nitrogens with one attached hydrogen (secondary N) is 4. The van der Waals surface area contributed by atoms with Crippen LogP contribution in [-0.4, -0.2) is 23.5 Å². The van der Waals surface area contributed by atoms with E-state index in [9.17, 15) is 9.59 Å². The zero-order chi connectivity index (χ0) is 17.6. The average molecular weight is 334 g/mol. The van der Waals surface area contributed by atoms with Crippen molar-refractivity contribution in [2.24, 2.45) is 0 Å². The SMILES string of the molecule is C=CCNC(=O)Nc1ccc(NC(=O)c2cc3ccccc3[nH]2)cc1. The molecule has 0 atom stereocenters. The molecule has 0 aliphatic carbocycles. The second-order valence-electron chi connectivity index (χ2n) is 5.43. The van der Waals surface area contributed by atoms with Crippen molar-refractivity contribution in [3.63, 3.8) is 0 Å². The summed E-state index contributed by atoms with van der Waals surface area (Å²) in [5.74, 6) is -0.222. The highest BCUT2D eigenvalue weighted by atomic mass is 16.2. The van der Waals surface area contributed by atoms with Crippen LogP contribution >= 0.6 is 0 Å². The molecule has 1 aromatic heterocycles. The molecule has 1 heterocycles. The van der Waals surface area contributed by atoms with E-state index < -0.39 is 0 Å². The molecule has 0 bridgehead atoms. The number of carbonyl (C=O) groups is 2. The third-order valence-electron chi connectivity index (χ3n) is 3.58. The first-order chi connectivity index (χ1) is 12.2. The number of aromatic nitrogens is 1. The van der Waals surface area contributed by atoms with Crippen molar-refractivity contribution in [2.75, 3.05) is 17.2 Å². The number of H-pyrrole nitrogens is 1. The fourth-order valence-corrected chi connectivity index (χ4v) is 2.37. The number of rotatable bonds is 5. The van der Waals surface area contributed by atoms with E-state index in [0.717, 1.165) is 10.9 Å². The van der Waals surface area contributed by atoms with Crippen molar-refractivity contribution >= 4 is 34.2 Å². The molecule has 4 N–H and O–H groups in total. The quantitative estimate of drug-likeness (QED) is 0.536. The van der Waals surface area contributed by atoms with Crippen molar-refractivity contribution in [1.82, 2.24) is 10.3 Å². The molecule has 0 saturated carbocycles. The summed E-state index contributed by atoms with van der Waals surface area (Å²) in [5, 5.41) is 9.12. The van der Waals surface area contributed by atoms with Crippen molar-refractivity contribution < 1.29 is 9.59 Å². The lowest BCUT2D eigenvalue weighted by molar-refractivity contribution is 0.102. The second kappa shape index (κ2) is 7.35. The normalized spacial score (nSPS) is 10.2. The largest absolute Gasteiger partial charge is 0.351 e. The summed E-state index contributed by atoms with van der Waals surface area (Å²) in [6.45, 7) is 3.93. The molecule has 0 unspecified atom stereocenters. The van der Waals surface area contributed by atoms with Gasteiger partial charge in [-0.25, -0.2) is 4.79 Å². The van der Waals surface area contributed by atoms with Gasteiger partial charge in [0.25, 0.3) is 5.91 Å². The van der Waals surface area contributed by atoms with Gasteiger partial charge in [0.05, 0.1) is 0 Å². The van der Waals surface area contributed by atoms with E-state index in [1.807, 2.05) is 30.3 Å². The van der Waals surface area contributed by atoms with Crippen LogP contribution in [-0.2, 0) is 0 Å². The topological polar surface area (TPSA) is 86.0 Å². The van der Waals surface area contributed by atoms with Crippen LogP contribution in [0.1, 0.15) is 10.5 Å². The van der Waals surface area contributed by atoms with Crippen LogP contribution in [0.15, 0.2) is 67.3 Å². The van der Waals surface area contributed by atoms with Gasteiger partial charge >= 0.3 is 6.03 Å². The molecule has 3 aromatic rings. The molecule has 2 aromatic carbocycles. The predicted octanol–water partition coefficient (Wildman–Crippen LogP) is 3.73. The molecular formula is C19H18N4O2. The number of anilines is 2. The van der Waals surface area contributed by atoms with E-state index >= 15 is 0 Å². The van der Waals surface area contributed by atoms with Crippen molar-refractivity contribution in [1.29, 1.82) is 0 Å². The van der Waals surface area contributed by atoms with Crippen molar-refractivity contribution in [3.05, 3.63) is 72.9 Å². The summed E-state index contributed by atoms with van der Waals surface area (Å²) in [4.78, 5) is 27.0. The van der Waals surface area contributed by atoms with Gasteiger partial charge in [-0.3, -0.25) is 4.79 Å². The highest BCUT2D eigenvalue weighted by Crippen LogP contribution is 2.17. The van der Waals surface area contributed by atoms with Crippen LogP contribution in [0.2, 0.25) is 0 Å². The predicted molar refractivity (Wildman–Crippen MR) is 99.9 cm³/mol. The van der Waals surface area contributed by atoms with Gasteiger partial charge in [-0.2, -0.15) is 0 Å². The maximum absolute atomic E-state index is 12.3. The van der Waals surface area contributed by atoms with Gasteiger partial charge in [0, 0.05) is 28.8 Å². The Morgan fingerprint density at radius 3 is 2.36 bits per heavy atom. The minimum atomic E-state index is -0.310. The Hall–Kier alpha value is -3.54. The molecule has 25 heavy (non-hydrogen) atoms. The smallest absolute Gasteiger partial charge is 0.319 e. The monoisotopic (exact) mass is 334 g/mol. The zero-order valence-corrected chi connectivity index (χ0v) is 13.5. The van der Waals surface area contributed by atoms with Crippen LogP contribution in [0, 0.1) is 0 Å². The minimum absolute atomic E-state index is 0.222. The molecule has 3 rings (SSSR count). The standard InChI is InChI=1S/C19H18N4O2/c1-2-11-20-19(25)22-15-9-7-14(8-10-15)21-18(24)17-12-13-5-3-4-6-16(13)23-17/h2-10,12,23H,1,11H2,(H,21,24)(H2,20,22,25). The summed E-state index contributed by atoms with van der Waals surface area (Å²) in [6, 6.07) is 16.1. The fraction of sp³-hybridized carbons (Fsp3) is 0.0526. The van der Waals surface area contributed by atoms with E-state index in [4.69, 9.17) is 0 Å². The summed E-state index contributed by atoms with van der Waals surface area (Å²) < 4.78 is 0. The first kappa shape index (κ1) is 16.3. The van der Waals surface area contributed by atoms with E-state index in [1.54, 1.807) is 30.3 Å². The second-order valence-corrected chi connectivity index (χ2v) is 5.43. The van der Waals surface area contributed by atoms with Crippen LogP contribution in [0.4, 0.5) is 16.2 Å². The highest BCUT2D eigenvalue weighted by Gasteiger charge is 2.09. The molecule has 0 spiro atoms. The number of para-hydroxylation sites is 1. The molecule has 0 fully saturated rings.